The van der Waals surface area contributed by atoms with Crippen LogP contribution in [0.25, 0.3) is 10.2 Å². The number of ether oxygens (including phenoxy) is 1. The minimum absolute atomic E-state index is 0.0463. The van der Waals surface area contributed by atoms with Crippen molar-refractivity contribution in [2.75, 3.05) is 19.5 Å². The Kier molecular flexibility index (Phi) is 5.83. The van der Waals surface area contributed by atoms with Gasteiger partial charge in [0.2, 0.25) is 5.91 Å². The number of fused-ring (bicyclic) bond motifs is 1. The molecule has 0 saturated carbocycles. The summed E-state index contributed by atoms with van der Waals surface area (Å²) < 4.78 is 6.50. The van der Waals surface area contributed by atoms with Crippen LogP contribution in [0.5, 0.6) is 0 Å². The zero-order valence-corrected chi connectivity index (χ0v) is 15.6. The van der Waals surface area contributed by atoms with Gasteiger partial charge in [0.05, 0.1) is 17.7 Å². The number of thioether (sulfide) groups is 1. The van der Waals surface area contributed by atoms with Crippen LogP contribution in [0, 0.1) is 13.8 Å². The second-order valence-corrected chi connectivity index (χ2v) is 7.58. The highest BCUT2D eigenvalue weighted by atomic mass is 32.2. The first-order chi connectivity index (χ1) is 10.8. The molecule has 0 aromatic carbocycles. The molecule has 0 fully saturated rings. The molecular weight excluding hydrogens is 334 g/mol. The average molecular weight is 355 g/mol. The lowest BCUT2D eigenvalue weighted by molar-refractivity contribution is -0.119. The molecule has 23 heavy (non-hydrogen) atoms. The molecule has 1 unspecified atom stereocenters. The molecule has 1 atom stereocenters. The topological polar surface area (TPSA) is 73.2 Å². The molecular formula is C15H21N3O3S2. The normalized spacial score (nSPS) is 12.6. The maximum atomic E-state index is 12.5. The molecule has 0 aliphatic rings. The first-order valence-electron chi connectivity index (χ1n) is 7.23. The van der Waals surface area contributed by atoms with E-state index in [4.69, 9.17) is 4.74 Å². The molecule has 0 spiro atoms. The van der Waals surface area contributed by atoms with Crippen LogP contribution in [0.3, 0.4) is 0 Å². The SMILES string of the molecule is COCC(C)NC(=O)CSc1nc2sc(C)c(C)c2c(=O)n1C. The lowest BCUT2D eigenvalue weighted by atomic mass is 10.2. The Morgan fingerprint density at radius 3 is 2.83 bits per heavy atom. The van der Waals surface area contributed by atoms with Crippen LogP contribution in [0.2, 0.25) is 0 Å². The van der Waals surface area contributed by atoms with E-state index in [0.29, 0.717) is 17.1 Å². The van der Waals surface area contributed by atoms with Crippen LogP contribution in [0.4, 0.5) is 0 Å². The van der Waals surface area contributed by atoms with Gasteiger partial charge in [0.25, 0.3) is 5.56 Å². The van der Waals surface area contributed by atoms with E-state index in [9.17, 15) is 9.59 Å². The van der Waals surface area contributed by atoms with Crippen molar-refractivity contribution in [3.63, 3.8) is 0 Å². The zero-order valence-electron chi connectivity index (χ0n) is 13.9. The van der Waals surface area contributed by atoms with E-state index in [0.717, 1.165) is 15.3 Å². The van der Waals surface area contributed by atoms with Gasteiger partial charge in [0.1, 0.15) is 4.83 Å². The molecule has 126 valence electrons. The summed E-state index contributed by atoms with van der Waals surface area (Å²) in [5.41, 5.74) is 0.924. The second-order valence-electron chi connectivity index (χ2n) is 5.43. The molecule has 1 N–H and O–H groups in total. The number of nitrogens with zero attached hydrogens (tertiary/aromatic N) is 2. The Labute approximate surface area is 143 Å². The van der Waals surface area contributed by atoms with Gasteiger partial charge in [-0.2, -0.15) is 0 Å². The summed E-state index contributed by atoms with van der Waals surface area (Å²) in [6, 6.07) is -0.0463. The van der Waals surface area contributed by atoms with Crippen molar-refractivity contribution in [3.05, 3.63) is 20.8 Å². The highest BCUT2D eigenvalue weighted by molar-refractivity contribution is 7.99. The summed E-state index contributed by atoms with van der Waals surface area (Å²) in [6.45, 7) is 6.27. The fourth-order valence-corrected chi connectivity index (χ4v) is 4.08. The van der Waals surface area contributed by atoms with E-state index < -0.39 is 0 Å². The van der Waals surface area contributed by atoms with E-state index >= 15 is 0 Å². The quantitative estimate of drug-likeness (QED) is 0.632. The monoisotopic (exact) mass is 355 g/mol. The maximum Gasteiger partial charge on any atom is 0.262 e. The zero-order chi connectivity index (χ0) is 17.1. The number of methoxy groups -OCH3 is 1. The van der Waals surface area contributed by atoms with Crippen LogP contribution in [-0.2, 0) is 16.6 Å². The molecule has 2 aromatic heterocycles. The fourth-order valence-electron chi connectivity index (χ4n) is 2.22. The third-order valence-electron chi connectivity index (χ3n) is 3.53. The van der Waals surface area contributed by atoms with Crippen molar-refractivity contribution >= 4 is 39.2 Å². The average Bonchev–Trinajstić information content (AvgIpc) is 2.76. The standard InChI is InChI=1S/C15H21N3O3S2/c1-8(6-21-5)16-11(19)7-22-15-17-13-12(14(20)18(15)4)9(2)10(3)23-13/h8H,6-7H2,1-5H3,(H,16,19). The lowest BCUT2D eigenvalue weighted by Crippen LogP contribution is -2.36. The number of thiophene rings is 1. The van der Waals surface area contributed by atoms with Crippen LogP contribution in [0.1, 0.15) is 17.4 Å². The number of rotatable bonds is 6. The smallest absolute Gasteiger partial charge is 0.262 e. The molecule has 2 heterocycles. The maximum absolute atomic E-state index is 12.5. The summed E-state index contributed by atoms with van der Waals surface area (Å²) in [7, 11) is 3.28. The number of nitrogens with one attached hydrogen (secondary N) is 1. The number of carbonyl (C=O) groups excluding carboxylic acids is 1. The van der Waals surface area contributed by atoms with Crippen molar-refractivity contribution < 1.29 is 9.53 Å². The molecule has 0 bridgehead atoms. The van der Waals surface area contributed by atoms with Gasteiger partial charge in [-0.3, -0.25) is 14.2 Å². The van der Waals surface area contributed by atoms with E-state index in [2.05, 4.69) is 10.3 Å². The lowest BCUT2D eigenvalue weighted by Gasteiger charge is -2.12. The molecule has 0 saturated heterocycles. The minimum Gasteiger partial charge on any atom is -0.383 e. The van der Waals surface area contributed by atoms with Crippen molar-refractivity contribution in [2.24, 2.45) is 7.05 Å². The first kappa shape index (κ1) is 18.0. The highest BCUT2D eigenvalue weighted by Crippen LogP contribution is 2.27. The van der Waals surface area contributed by atoms with Gasteiger partial charge < -0.3 is 10.1 Å². The third-order valence-corrected chi connectivity index (χ3v) is 5.66. The van der Waals surface area contributed by atoms with Gasteiger partial charge in [0.15, 0.2) is 5.16 Å². The second kappa shape index (κ2) is 7.46. The van der Waals surface area contributed by atoms with Crippen LogP contribution < -0.4 is 10.9 Å². The van der Waals surface area contributed by atoms with Crippen LogP contribution in [0.15, 0.2) is 9.95 Å². The van der Waals surface area contributed by atoms with Gasteiger partial charge in [-0.15, -0.1) is 11.3 Å². The molecule has 0 aliphatic heterocycles. The van der Waals surface area contributed by atoms with E-state index in [-0.39, 0.29) is 23.3 Å². The Morgan fingerprint density at radius 2 is 2.17 bits per heavy atom. The first-order valence-corrected chi connectivity index (χ1v) is 9.03. The molecule has 0 radical (unpaired) electrons. The van der Waals surface area contributed by atoms with E-state index in [1.54, 1.807) is 14.2 Å². The van der Waals surface area contributed by atoms with E-state index in [1.807, 2.05) is 20.8 Å². The molecule has 6 nitrogen and oxygen atoms in total. The van der Waals surface area contributed by atoms with Crippen LogP contribution in [-0.4, -0.2) is 41.0 Å². The molecule has 2 rings (SSSR count). The van der Waals surface area contributed by atoms with Crippen molar-refractivity contribution in [1.29, 1.82) is 0 Å². The van der Waals surface area contributed by atoms with Crippen molar-refractivity contribution in [2.45, 2.75) is 32.0 Å². The summed E-state index contributed by atoms with van der Waals surface area (Å²) in [5.74, 6) is 0.107. The number of amides is 1. The summed E-state index contributed by atoms with van der Waals surface area (Å²) in [6.07, 6.45) is 0. The molecule has 0 aliphatic carbocycles. The largest absolute Gasteiger partial charge is 0.383 e. The van der Waals surface area contributed by atoms with Gasteiger partial charge >= 0.3 is 0 Å². The summed E-state index contributed by atoms with van der Waals surface area (Å²) in [4.78, 5) is 30.8. The molecule has 2 aromatic rings. The van der Waals surface area contributed by atoms with Gasteiger partial charge in [-0.1, -0.05) is 11.8 Å². The Bertz CT molecular complexity index is 782. The number of hydrogen-bond acceptors (Lipinski definition) is 6. The number of hydrogen-bond donors (Lipinski definition) is 1. The Hall–Kier alpha value is -1.38. The number of aryl methyl sites for hydroxylation is 2. The van der Waals surface area contributed by atoms with Crippen molar-refractivity contribution in [1.82, 2.24) is 14.9 Å². The molecule has 8 heteroatoms. The van der Waals surface area contributed by atoms with E-state index in [1.165, 1.54) is 27.7 Å². The fraction of sp³-hybridized carbons (Fsp3) is 0.533. The van der Waals surface area contributed by atoms with Crippen molar-refractivity contribution in [3.8, 4) is 0 Å². The summed E-state index contributed by atoms with van der Waals surface area (Å²) in [5, 5.41) is 4.07. The Balaban J connectivity index is 2.16. The van der Waals surface area contributed by atoms with Crippen LogP contribution >= 0.6 is 23.1 Å². The third kappa shape index (κ3) is 3.94. The predicted molar refractivity (Wildman–Crippen MR) is 94.5 cm³/mol. The van der Waals surface area contributed by atoms with Gasteiger partial charge in [-0.25, -0.2) is 4.98 Å². The number of aromatic nitrogens is 2. The minimum atomic E-state index is -0.104. The summed E-state index contributed by atoms with van der Waals surface area (Å²) >= 11 is 2.78. The van der Waals surface area contributed by atoms with Gasteiger partial charge in [0, 0.05) is 25.1 Å². The van der Waals surface area contributed by atoms with Gasteiger partial charge in [-0.05, 0) is 26.3 Å². The highest BCUT2D eigenvalue weighted by Gasteiger charge is 2.16. The Morgan fingerprint density at radius 1 is 1.48 bits per heavy atom. The predicted octanol–water partition coefficient (Wildman–Crippen LogP) is 1.86. The number of carbonyl (C=O) groups is 1. The molecule has 1 amide bonds.